The van der Waals surface area contributed by atoms with Gasteiger partial charge in [0.1, 0.15) is 0 Å². The van der Waals surface area contributed by atoms with Crippen molar-refractivity contribution in [3.8, 4) is 0 Å². The van der Waals surface area contributed by atoms with Crippen LogP contribution in [0.15, 0.2) is 0 Å². The minimum absolute atomic E-state index is 0.258. The molecule has 0 aliphatic heterocycles. The fourth-order valence-corrected chi connectivity index (χ4v) is 0.878. The highest BCUT2D eigenvalue weighted by molar-refractivity contribution is 5.86. The van der Waals surface area contributed by atoms with Crippen molar-refractivity contribution in [3.05, 3.63) is 0 Å². The highest BCUT2D eigenvalue weighted by Gasteiger charge is 2.25. The number of nitrogens with one attached hydrogen (secondary N) is 2. The molecule has 2 atom stereocenters. The molecule has 0 saturated heterocycles. The first kappa shape index (κ1) is 12.9. The van der Waals surface area contributed by atoms with Gasteiger partial charge in [-0.25, -0.2) is 10.5 Å². The van der Waals surface area contributed by atoms with E-state index in [1.54, 1.807) is 27.9 Å². The molecule has 0 bridgehead atoms. The molecule has 3 N–H and O–H groups in total. The Balaban J connectivity index is 4.24. The Morgan fingerprint density at radius 2 is 1.57 bits per heavy atom. The Labute approximate surface area is 83.2 Å². The molecule has 82 valence electrons. The van der Waals surface area contributed by atoms with E-state index < -0.39 is 17.7 Å². The molecule has 14 heavy (non-hydrogen) atoms. The third-order valence-electron chi connectivity index (χ3n) is 2.02. The minimum atomic E-state index is -0.569. The van der Waals surface area contributed by atoms with Gasteiger partial charge < -0.3 is 0 Å². The van der Waals surface area contributed by atoms with Crippen molar-refractivity contribution >= 4 is 11.8 Å². The van der Waals surface area contributed by atoms with Crippen molar-refractivity contribution < 1.29 is 14.8 Å². The molecule has 6 nitrogen and oxygen atoms in total. The van der Waals surface area contributed by atoms with Crippen LogP contribution < -0.4 is 10.9 Å². The van der Waals surface area contributed by atoms with Crippen molar-refractivity contribution in [1.29, 1.82) is 0 Å². The van der Waals surface area contributed by atoms with Crippen LogP contribution >= 0.6 is 0 Å². The number of rotatable bonds is 4. The van der Waals surface area contributed by atoms with Crippen molar-refractivity contribution in [1.82, 2.24) is 15.9 Å². The van der Waals surface area contributed by atoms with Crippen LogP contribution in [-0.4, -0.2) is 36.1 Å². The molecular weight excluding hydrogens is 186 g/mol. The highest BCUT2D eigenvalue weighted by Crippen LogP contribution is 2.10. The fourth-order valence-electron chi connectivity index (χ4n) is 0.878. The third kappa shape index (κ3) is 3.71. The summed E-state index contributed by atoms with van der Waals surface area (Å²) in [5, 5.41) is 9.88. The number of carbonyl (C=O) groups excluding carboxylic acids is 2. The first-order chi connectivity index (χ1) is 6.40. The molecular formula is C8H17N3O3. The van der Waals surface area contributed by atoms with Crippen LogP contribution in [0, 0.1) is 11.8 Å². The van der Waals surface area contributed by atoms with E-state index in [1.165, 1.54) is 10.5 Å². The highest BCUT2D eigenvalue weighted by atomic mass is 16.5. The third-order valence-corrected chi connectivity index (χ3v) is 2.02. The summed E-state index contributed by atoms with van der Waals surface area (Å²) in [5.41, 5.74) is 4.06. The fraction of sp³-hybridized carbons (Fsp3) is 0.750. The molecule has 6 heteroatoms. The maximum atomic E-state index is 11.4. The van der Waals surface area contributed by atoms with Crippen LogP contribution in [0.3, 0.4) is 0 Å². The van der Waals surface area contributed by atoms with Gasteiger partial charge >= 0.3 is 0 Å². The summed E-state index contributed by atoms with van der Waals surface area (Å²) in [6.45, 7) is 3.20. The summed E-state index contributed by atoms with van der Waals surface area (Å²) < 4.78 is 0. The molecule has 2 amide bonds. The Bertz CT molecular complexity index is 218. The second kappa shape index (κ2) is 5.56. The van der Waals surface area contributed by atoms with Gasteiger partial charge in [-0.1, -0.05) is 13.8 Å². The van der Waals surface area contributed by atoms with Gasteiger partial charge in [-0.15, -0.1) is 0 Å². The number of carbonyl (C=O) groups is 2. The molecule has 1 unspecified atom stereocenters. The predicted octanol–water partition coefficient (Wildman–Crippen LogP) is -0.643. The average molecular weight is 203 g/mol. The van der Waals surface area contributed by atoms with Crippen LogP contribution in [0.4, 0.5) is 0 Å². The number of hydrogen-bond donors (Lipinski definition) is 3. The Hall–Kier alpha value is -1.14. The van der Waals surface area contributed by atoms with Crippen molar-refractivity contribution in [2.45, 2.75) is 13.8 Å². The summed E-state index contributed by atoms with van der Waals surface area (Å²) >= 11 is 0. The lowest BCUT2D eigenvalue weighted by Gasteiger charge is -2.20. The Morgan fingerprint density at radius 1 is 1.14 bits per heavy atom. The van der Waals surface area contributed by atoms with Gasteiger partial charge in [-0.3, -0.25) is 20.2 Å². The molecule has 0 fully saturated rings. The van der Waals surface area contributed by atoms with Crippen molar-refractivity contribution in [3.63, 3.8) is 0 Å². The lowest BCUT2D eigenvalue weighted by molar-refractivity contribution is -0.140. The number of amides is 2. The van der Waals surface area contributed by atoms with E-state index in [0.717, 1.165) is 0 Å². The monoisotopic (exact) mass is 203 g/mol. The lowest BCUT2D eigenvalue weighted by atomic mass is 9.95. The van der Waals surface area contributed by atoms with Gasteiger partial charge in [0, 0.05) is 25.9 Å². The van der Waals surface area contributed by atoms with Crippen molar-refractivity contribution in [2.24, 2.45) is 11.8 Å². The zero-order valence-electron chi connectivity index (χ0n) is 8.87. The molecule has 0 heterocycles. The smallest absolute Gasteiger partial charge is 0.246 e. The van der Waals surface area contributed by atoms with Crippen LogP contribution in [0.25, 0.3) is 0 Å². The van der Waals surface area contributed by atoms with Crippen LogP contribution in [0.2, 0.25) is 0 Å². The number of hydrazine groups is 1. The maximum Gasteiger partial charge on any atom is 0.246 e. The van der Waals surface area contributed by atoms with Crippen LogP contribution in [0.5, 0.6) is 0 Å². The average Bonchev–Trinajstić information content (AvgIpc) is 2.13. The van der Waals surface area contributed by atoms with E-state index in [1.807, 2.05) is 0 Å². The van der Waals surface area contributed by atoms with E-state index in [0.29, 0.717) is 0 Å². The molecule has 0 spiro atoms. The van der Waals surface area contributed by atoms with E-state index >= 15 is 0 Å². The molecule has 0 aliphatic rings. The molecule has 0 aromatic rings. The van der Waals surface area contributed by atoms with E-state index in [4.69, 9.17) is 5.21 Å². The second-order valence-electron chi connectivity index (χ2n) is 3.42. The zero-order chi connectivity index (χ0) is 11.3. The van der Waals surface area contributed by atoms with E-state index in [9.17, 15) is 9.59 Å². The normalized spacial score (nSPS) is 14.7. The number of hydrogen-bond acceptors (Lipinski definition) is 4. The molecule has 0 aromatic heterocycles. The lowest BCUT2D eigenvalue weighted by Crippen LogP contribution is -2.43. The maximum absolute atomic E-state index is 11.4. The van der Waals surface area contributed by atoms with Crippen LogP contribution in [0.1, 0.15) is 13.8 Å². The first-order valence-corrected chi connectivity index (χ1v) is 4.32. The largest absolute Gasteiger partial charge is 0.289 e. The van der Waals surface area contributed by atoms with Crippen molar-refractivity contribution in [2.75, 3.05) is 14.1 Å². The minimum Gasteiger partial charge on any atom is -0.289 e. The van der Waals surface area contributed by atoms with Gasteiger partial charge in [0.15, 0.2) is 0 Å². The second-order valence-corrected chi connectivity index (χ2v) is 3.42. The predicted molar refractivity (Wildman–Crippen MR) is 50.1 cm³/mol. The summed E-state index contributed by atoms with van der Waals surface area (Å²) in [6.07, 6.45) is 0. The number of hydroxylamine groups is 1. The topological polar surface area (TPSA) is 81.7 Å². The summed E-state index contributed by atoms with van der Waals surface area (Å²) in [4.78, 5) is 22.4. The Morgan fingerprint density at radius 3 is 1.93 bits per heavy atom. The molecule has 0 aromatic carbocycles. The molecule has 0 radical (unpaired) electrons. The molecule has 0 saturated carbocycles. The zero-order valence-corrected chi connectivity index (χ0v) is 8.87. The summed E-state index contributed by atoms with van der Waals surface area (Å²) in [6, 6.07) is 0. The molecule has 0 rings (SSSR count). The first-order valence-electron chi connectivity index (χ1n) is 4.32. The Kier molecular flexibility index (Phi) is 5.11. The standard InChI is InChI=1S/C8H17N3O3/c1-5(6(2)8(13)10-14)7(12)9-11(3)4/h5-6,14H,1-4H3,(H,9,12)(H,10,13)/t5-,6?/m1/s1. The van der Waals surface area contributed by atoms with Crippen LogP contribution in [-0.2, 0) is 9.59 Å². The van der Waals surface area contributed by atoms with Gasteiger partial charge in [0.25, 0.3) is 0 Å². The van der Waals surface area contributed by atoms with Gasteiger partial charge in [0.2, 0.25) is 11.8 Å². The number of nitrogens with zero attached hydrogens (tertiary/aromatic N) is 1. The molecule has 0 aliphatic carbocycles. The van der Waals surface area contributed by atoms with E-state index in [2.05, 4.69) is 5.43 Å². The van der Waals surface area contributed by atoms with Gasteiger partial charge in [0.05, 0.1) is 0 Å². The van der Waals surface area contributed by atoms with Gasteiger partial charge in [-0.2, -0.15) is 0 Å². The van der Waals surface area contributed by atoms with Gasteiger partial charge in [-0.05, 0) is 0 Å². The SMILES string of the molecule is CC(C(=O)NO)[C@@H](C)C(=O)NN(C)C. The van der Waals surface area contributed by atoms with E-state index in [-0.39, 0.29) is 5.91 Å². The summed E-state index contributed by atoms with van der Waals surface area (Å²) in [5.74, 6) is -1.89. The quantitative estimate of drug-likeness (QED) is 0.419. The summed E-state index contributed by atoms with van der Waals surface area (Å²) in [7, 11) is 3.36.